The van der Waals surface area contributed by atoms with Gasteiger partial charge in [-0.1, -0.05) is 41.1 Å². The molecular formula is C11H18B4O2. The van der Waals surface area contributed by atoms with Gasteiger partial charge in [0, 0.05) is 5.21 Å². The topological polar surface area (TPSA) is 26.3 Å². The van der Waals surface area contributed by atoms with Crippen LogP contribution in [0.3, 0.4) is 0 Å². The predicted molar refractivity (Wildman–Crippen MR) is 81.6 cm³/mol. The lowest BCUT2D eigenvalue weighted by Crippen LogP contribution is -2.48. The van der Waals surface area contributed by atoms with Crippen LogP contribution in [0, 0.1) is 0 Å². The Morgan fingerprint density at radius 1 is 1.18 bits per heavy atom. The molecule has 0 bridgehead atoms. The van der Waals surface area contributed by atoms with E-state index in [0.717, 1.165) is 5.56 Å². The molecule has 0 saturated heterocycles. The number of carbonyl (C=O) groups excluding carboxylic acids is 1. The highest BCUT2D eigenvalue weighted by Crippen LogP contribution is 2.38. The zero-order valence-corrected chi connectivity index (χ0v) is 11.4. The van der Waals surface area contributed by atoms with Gasteiger partial charge < -0.3 is 4.74 Å². The molecule has 0 fully saturated rings. The summed E-state index contributed by atoms with van der Waals surface area (Å²) in [5.41, 5.74) is 1.15. The molecule has 0 atom stereocenters. The zero-order chi connectivity index (χ0) is 13.1. The van der Waals surface area contributed by atoms with Gasteiger partial charge in [0.05, 0.1) is 6.61 Å². The maximum absolute atomic E-state index is 12.1. The van der Waals surface area contributed by atoms with Crippen molar-refractivity contribution in [1.29, 1.82) is 0 Å². The van der Waals surface area contributed by atoms with Crippen LogP contribution >= 0.6 is 0 Å². The van der Waals surface area contributed by atoms with Gasteiger partial charge in [0.1, 0.15) is 31.4 Å². The number of ether oxygens (including phenoxy) is 1. The van der Waals surface area contributed by atoms with Crippen molar-refractivity contribution in [2.45, 2.75) is 17.4 Å². The first-order chi connectivity index (χ1) is 7.84. The Morgan fingerprint density at radius 3 is 2.18 bits per heavy atom. The average Bonchev–Trinajstić information content (AvgIpc) is 2.30. The zero-order valence-electron chi connectivity index (χ0n) is 11.4. The molecule has 0 heterocycles. The van der Waals surface area contributed by atoms with E-state index >= 15 is 0 Å². The SMILES string of the molecule is BC(B)(C(=O)OCC)C(B)(B)c1ccccc1. The van der Waals surface area contributed by atoms with Gasteiger partial charge in [-0.3, -0.25) is 4.79 Å². The summed E-state index contributed by atoms with van der Waals surface area (Å²) in [4.78, 5) is 12.1. The van der Waals surface area contributed by atoms with E-state index in [2.05, 4.69) is 27.8 Å². The predicted octanol–water partition coefficient (Wildman–Crippen LogP) is -1.95. The molecule has 0 aliphatic heterocycles. The van der Waals surface area contributed by atoms with Gasteiger partial charge in [-0.15, -0.1) is 0 Å². The largest absolute Gasteiger partial charge is 0.467 e. The fourth-order valence-corrected chi connectivity index (χ4v) is 1.78. The van der Waals surface area contributed by atoms with Crippen LogP contribution < -0.4 is 0 Å². The number of carbonyl (C=O) groups is 1. The lowest BCUT2D eigenvalue weighted by molar-refractivity contribution is -0.144. The summed E-state index contributed by atoms with van der Waals surface area (Å²) in [6.07, 6.45) is 0. The van der Waals surface area contributed by atoms with E-state index in [1.807, 2.05) is 40.8 Å². The third-order valence-electron chi connectivity index (χ3n) is 3.84. The van der Waals surface area contributed by atoms with Crippen molar-refractivity contribution in [3.8, 4) is 0 Å². The third kappa shape index (κ3) is 2.62. The molecule has 0 aliphatic rings. The fourth-order valence-electron chi connectivity index (χ4n) is 1.78. The Balaban J connectivity index is 3.08. The second kappa shape index (κ2) is 5.07. The summed E-state index contributed by atoms with van der Waals surface area (Å²) >= 11 is 0. The van der Waals surface area contributed by atoms with Gasteiger partial charge in [-0.25, -0.2) is 0 Å². The van der Waals surface area contributed by atoms with Crippen LogP contribution in [0.15, 0.2) is 30.3 Å². The summed E-state index contributed by atoms with van der Waals surface area (Å²) in [7, 11) is 8.05. The van der Waals surface area contributed by atoms with Gasteiger partial charge >= 0.3 is 0 Å². The fraction of sp³-hybridized carbons (Fsp3) is 0.364. The number of rotatable bonds is 4. The Hall–Kier alpha value is -1.05. The number of benzene rings is 1. The number of hydrogen-bond donors (Lipinski definition) is 0. The standard InChI is InChI=1S/C11H18B4O2/c1-2-17-9(16)11(14,15)10(12,13)8-6-4-3-5-7-8/h3-7H,2,12-15H2,1H3. The molecule has 0 radical (unpaired) electrons. The van der Waals surface area contributed by atoms with E-state index in [1.54, 1.807) is 0 Å². The number of hydrogen-bond acceptors (Lipinski definition) is 2. The van der Waals surface area contributed by atoms with Crippen molar-refractivity contribution in [2.75, 3.05) is 6.61 Å². The van der Waals surface area contributed by atoms with E-state index in [0.29, 0.717) is 6.61 Å². The molecular weight excluding hydrogens is 207 g/mol. The first-order valence-corrected chi connectivity index (χ1v) is 6.06. The highest BCUT2D eigenvalue weighted by atomic mass is 16.5. The number of esters is 1. The average molecular weight is 226 g/mol. The van der Waals surface area contributed by atoms with Gasteiger partial charge in [-0.2, -0.15) is 0 Å². The van der Waals surface area contributed by atoms with Crippen molar-refractivity contribution in [3.05, 3.63) is 35.9 Å². The van der Waals surface area contributed by atoms with E-state index < -0.39 is 5.21 Å². The van der Waals surface area contributed by atoms with Gasteiger partial charge in [-0.05, 0) is 6.92 Å². The van der Waals surface area contributed by atoms with Crippen LogP contribution in [0.2, 0.25) is 5.21 Å². The molecule has 0 aliphatic carbocycles. The summed E-state index contributed by atoms with van der Waals surface area (Å²) < 4.78 is 5.18. The molecule has 0 N–H and O–H groups in total. The Labute approximate surface area is 107 Å². The molecule has 1 aromatic carbocycles. The van der Waals surface area contributed by atoms with E-state index in [1.165, 1.54) is 0 Å². The van der Waals surface area contributed by atoms with E-state index in [-0.39, 0.29) is 11.2 Å². The van der Waals surface area contributed by atoms with Gasteiger partial charge in [0.25, 0.3) is 5.97 Å². The van der Waals surface area contributed by atoms with Crippen molar-refractivity contribution < 1.29 is 9.53 Å². The molecule has 0 amide bonds. The summed E-state index contributed by atoms with van der Waals surface area (Å²) in [6, 6.07) is 10.1. The van der Waals surface area contributed by atoms with Gasteiger partial charge in [0.2, 0.25) is 0 Å². The Kier molecular flexibility index (Phi) is 4.18. The van der Waals surface area contributed by atoms with Crippen LogP contribution in [0.5, 0.6) is 0 Å². The van der Waals surface area contributed by atoms with Crippen molar-refractivity contribution in [2.24, 2.45) is 0 Å². The van der Waals surface area contributed by atoms with Crippen LogP contribution in [0.1, 0.15) is 12.5 Å². The molecule has 86 valence electrons. The second-order valence-electron chi connectivity index (χ2n) is 5.34. The van der Waals surface area contributed by atoms with Crippen molar-refractivity contribution in [3.63, 3.8) is 0 Å². The lowest BCUT2D eigenvalue weighted by Gasteiger charge is -2.40. The molecule has 0 aromatic heterocycles. The lowest BCUT2D eigenvalue weighted by atomic mass is 9.28. The van der Waals surface area contributed by atoms with E-state index in [4.69, 9.17) is 4.74 Å². The summed E-state index contributed by atoms with van der Waals surface area (Å²) in [5.74, 6) is -0.145. The van der Waals surface area contributed by atoms with Crippen molar-refractivity contribution in [1.82, 2.24) is 0 Å². The monoisotopic (exact) mass is 226 g/mol. The molecule has 0 unspecified atom stereocenters. The quantitative estimate of drug-likeness (QED) is 0.440. The summed E-state index contributed by atoms with van der Waals surface area (Å²) in [5, 5.41) is -0.815. The molecule has 0 spiro atoms. The Morgan fingerprint density at radius 2 is 1.71 bits per heavy atom. The minimum atomic E-state index is -0.551. The Bertz CT molecular complexity index is 390. The minimum Gasteiger partial charge on any atom is -0.467 e. The third-order valence-corrected chi connectivity index (χ3v) is 3.84. The molecule has 17 heavy (non-hydrogen) atoms. The van der Waals surface area contributed by atoms with Crippen LogP contribution in [0.4, 0.5) is 0 Å². The normalized spacial score (nSPS) is 12.1. The highest BCUT2D eigenvalue weighted by molar-refractivity contribution is 6.60. The maximum Gasteiger partial charge on any atom is 0.295 e. The van der Waals surface area contributed by atoms with Gasteiger partial charge in [0.15, 0.2) is 0 Å². The molecule has 1 aromatic rings. The molecule has 6 heteroatoms. The van der Waals surface area contributed by atoms with Crippen molar-refractivity contribution >= 4 is 37.4 Å². The minimum absolute atomic E-state index is 0.145. The maximum atomic E-state index is 12.1. The summed E-state index contributed by atoms with van der Waals surface area (Å²) in [6.45, 7) is 2.26. The second-order valence-corrected chi connectivity index (χ2v) is 5.34. The molecule has 2 nitrogen and oxygen atoms in total. The van der Waals surface area contributed by atoms with Crippen LogP contribution in [0.25, 0.3) is 0 Å². The first-order valence-electron chi connectivity index (χ1n) is 6.06. The van der Waals surface area contributed by atoms with Crippen LogP contribution in [-0.2, 0) is 14.7 Å². The molecule has 0 saturated carbocycles. The highest BCUT2D eigenvalue weighted by Gasteiger charge is 2.44. The first kappa shape index (κ1) is 14.0. The van der Waals surface area contributed by atoms with Crippen LogP contribution in [-0.4, -0.2) is 44.0 Å². The molecule has 1 rings (SSSR count). The van der Waals surface area contributed by atoms with E-state index in [9.17, 15) is 4.79 Å². The smallest absolute Gasteiger partial charge is 0.295 e.